The zero-order valence-corrected chi connectivity index (χ0v) is 15.6. The van der Waals surface area contributed by atoms with Crippen LogP contribution in [0, 0.1) is 0 Å². The van der Waals surface area contributed by atoms with E-state index in [9.17, 15) is 4.79 Å². The van der Waals surface area contributed by atoms with Gasteiger partial charge >= 0.3 is 0 Å². The Labute approximate surface area is 162 Å². The fourth-order valence-electron chi connectivity index (χ4n) is 4.28. The molecular weight excluding hydrogens is 356 g/mol. The minimum atomic E-state index is -0.188. The number of likely N-dealkylation sites (tertiary alicyclic amines) is 1. The number of carbonyl (C=O) groups excluding carboxylic acids is 1. The molecule has 0 N–H and O–H groups in total. The van der Waals surface area contributed by atoms with E-state index < -0.39 is 0 Å². The lowest BCUT2D eigenvalue weighted by atomic mass is 10.1. The van der Waals surface area contributed by atoms with Gasteiger partial charge in [0.2, 0.25) is 5.91 Å². The third-order valence-electron chi connectivity index (χ3n) is 6.14. The van der Waals surface area contributed by atoms with Crippen LogP contribution >= 0.6 is 0 Å². The number of nitrogens with zero attached hydrogens (tertiary/aromatic N) is 6. The predicted octanol–water partition coefficient (Wildman–Crippen LogP) is 2.35. The van der Waals surface area contributed by atoms with E-state index >= 15 is 0 Å². The standard InChI is InChI=1S/C20H22N6O2/c27-19(24-10-14(11-24)26-12-16(22-23-26)13-7-8-13)17-5-3-9-25(17)20-21-15-4-1-2-6-18(15)28-20/h1-2,4,6,12-14,17H,3,5,7-11H2. The Hall–Kier alpha value is -2.90. The number of benzene rings is 1. The van der Waals surface area contributed by atoms with Gasteiger partial charge in [0, 0.05) is 31.7 Å². The maximum Gasteiger partial charge on any atom is 0.299 e. The molecule has 3 aliphatic rings. The number of para-hydroxylation sites is 2. The Kier molecular flexibility index (Phi) is 3.48. The zero-order chi connectivity index (χ0) is 18.7. The number of rotatable bonds is 4. The van der Waals surface area contributed by atoms with Crippen molar-refractivity contribution in [3.05, 3.63) is 36.2 Å². The molecule has 4 heterocycles. The van der Waals surface area contributed by atoms with Gasteiger partial charge in [-0.25, -0.2) is 4.68 Å². The summed E-state index contributed by atoms with van der Waals surface area (Å²) < 4.78 is 7.84. The summed E-state index contributed by atoms with van der Waals surface area (Å²) in [6, 6.07) is 8.33. The lowest BCUT2D eigenvalue weighted by molar-refractivity contribution is -0.138. The van der Waals surface area contributed by atoms with E-state index in [1.807, 2.05) is 38.7 Å². The Bertz CT molecular complexity index is 999. The minimum absolute atomic E-state index is 0.165. The van der Waals surface area contributed by atoms with Crippen molar-refractivity contribution < 1.29 is 9.21 Å². The van der Waals surface area contributed by atoms with Gasteiger partial charge in [-0.3, -0.25) is 4.79 Å². The number of fused-ring (bicyclic) bond motifs is 1. The molecular formula is C20H22N6O2. The lowest BCUT2D eigenvalue weighted by Gasteiger charge is -2.41. The monoisotopic (exact) mass is 378 g/mol. The van der Waals surface area contributed by atoms with Crippen LogP contribution in [0.3, 0.4) is 0 Å². The molecule has 2 aliphatic heterocycles. The maximum atomic E-state index is 13.1. The van der Waals surface area contributed by atoms with Crippen molar-refractivity contribution in [3.8, 4) is 0 Å². The number of aromatic nitrogens is 4. The molecule has 1 saturated carbocycles. The first-order valence-corrected chi connectivity index (χ1v) is 10.1. The van der Waals surface area contributed by atoms with Crippen molar-refractivity contribution in [2.75, 3.05) is 24.5 Å². The average molecular weight is 378 g/mol. The third-order valence-corrected chi connectivity index (χ3v) is 6.14. The van der Waals surface area contributed by atoms with Crippen LogP contribution in [0.5, 0.6) is 0 Å². The van der Waals surface area contributed by atoms with Crippen LogP contribution in [-0.4, -0.2) is 56.5 Å². The number of amides is 1. The summed E-state index contributed by atoms with van der Waals surface area (Å²) >= 11 is 0. The van der Waals surface area contributed by atoms with Crippen LogP contribution in [0.2, 0.25) is 0 Å². The SMILES string of the molecule is O=C(C1CCCN1c1nc2ccccc2o1)N1CC(n2cc(C3CC3)nn2)C1. The van der Waals surface area contributed by atoms with E-state index in [0.29, 0.717) is 25.0 Å². The largest absolute Gasteiger partial charge is 0.423 e. The Balaban J connectivity index is 1.15. The molecule has 144 valence electrons. The van der Waals surface area contributed by atoms with Crippen LogP contribution in [0.1, 0.15) is 43.3 Å². The summed E-state index contributed by atoms with van der Waals surface area (Å²) in [4.78, 5) is 21.6. The van der Waals surface area contributed by atoms with Crippen molar-refractivity contribution in [1.29, 1.82) is 0 Å². The number of anilines is 1. The van der Waals surface area contributed by atoms with Crippen molar-refractivity contribution in [2.45, 2.75) is 43.7 Å². The summed E-state index contributed by atoms with van der Waals surface area (Å²) in [7, 11) is 0. The van der Waals surface area contributed by atoms with Gasteiger partial charge in [-0.05, 0) is 37.8 Å². The van der Waals surface area contributed by atoms with E-state index in [1.54, 1.807) is 0 Å². The van der Waals surface area contributed by atoms with Gasteiger partial charge in [0.15, 0.2) is 5.58 Å². The summed E-state index contributed by atoms with van der Waals surface area (Å²) in [6.07, 6.45) is 6.32. The highest BCUT2D eigenvalue weighted by atomic mass is 16.4. The topological polar surface area (TPSA) is 80.3 Å². The third kappa shape index (κ3) is 2.58. The van der Waals surface area contributed by atoms with Gasteiger partial charge in [-0.2, -0.15) is 4.98 Å². The van der Waals surface area contributed by atoms with E-state index in [0.717, 1.165) is 36.2 Å². The second-order valence-corrected chi connectivity index (χ2v) is 8.11. The molecule has 1 aromatic carbocycles. The predicted molar refractivity (Wildman–Crippen MR) is 102 cm³/mol. The van der Waals surface area contributed by atoms with Crippen molar-refractivity contribution in [2.24, 2.45) is 0 Å². The molecule has 6 rings (SSSR count). The van der Waals surface area contributed by atoms with Crippen LogP contribution < -0.4 is 4.90 Å². The first-order valence-electron chi connectivity index (χ1n) is 10.1. The van der Waals surface area contributed by atoms with E-state index in [4.69, 9.17) is 4.42 Å². The molecule has 1 amide bonds. The quantitative estimate of drug-likeness (QED) is 0.693. The van der Waals surface area contributed by atoms with Gasteiger partial charge in [0.05, 0.1) is 11.7 Å². The molecule has 8 nitrogen and oxygen atoms in total. The first-order chi connectivity index (χ1) is 13.8. The minimum Gasteiger partial charge on any atom is -0.423 e. The first kappa shape index (κ1) is 16.1. The second-order valence-electron chi connectivity index (χ2n) is 8.11. The highest BCUT2D eigenvalue weighted by Crippen LogP contribution is 2.39. The molecule has 0 spiro atoms. The molecule has 1 atom stereocenters. The van der Waals surface area contributed by atoms with Gasteiger partial charge in [-0.1, -0.05) is 17.3 Å². The van der Waals surface area contributed by atoms with E-state index in [1.165, 1.54) is 12.8 Å². The van der Waals surface area contributed by atoms with Crippen LogP contribution in [0.25, 0.3) is 11.1 Å². The lowest BCUT2D eigenvalue weighted by Crippen LogP contribution is -2.56. The highest BCUT2D eigenvalue weighted by Gasteiger charge is 2.41. The molecule has 2 saturated heterocycles. The van der Waals surface area contributed by atoms with Gasteiger partial charge in [0.1, 0.15) is 11.6 Å². The molecule has 0 radical (unpaired) electrons. The van der Waals surface area contributed by atoms with E-state index in [2.05, 4.69) is 21.5 Å². The molecule has 1 aliphatic carbocycles. The van der Waals surface area contributed by atoms with Crippen molar-refractivity contribution in [3.63, 3.8) is 0 Å². The Morgan fingerprint density at radius 2 is 2.00 bits per heavy atom. The summed E-state index contributed by atoms with van der Waals surface area (Å²) in [5.74, 6) is 0.772. The summed E-state index contributed by atoms with van der Waals surface area (Å²) in [6.45, 7) is 2.20. The molecule has 1 unspecified atom stereocenters. The normalized spacial score (nSPS) is 22.8. The molecule has 8 heteroatoms. The van der Waals surface area contributed by atoms with Crippen LogP contribution in [0.15, 0.2) is 34.9 Å². The summed E-state index contributed by atoms with van der Waals surface area (Å²) in [5.41, 5.74) is 2.69. The molecule has 28 heavy (non-hydrogen) atoms. The summed E-state index contributed by atoms with van der Waals surface area (Å²) in [5, 5.41) is 8.55. The number of carbonyl (C=O) groups is 1. The maximum absolute atomic E-state index is 13.1. The average Bonchev–Trinajstić information content (AvgIpc) is 3.10. The number of oxazole rings is 1. The number of hydrogen-bond donors (Lipinski definition) is 0. The molecule has 2 aromatic heterocycles. The Morgan fingerprint density at radius 3 is 2.82 bits per heavy atom. The molecule has 3 fully saturated rings. The smallest absolute Gasteiger partial charge is 0.299 e. The highest BCUT2D eigenvalue weighted by molar-refractivity contribution is 5.86. The van der Waals surface area contributed by atoms with Gasteiger partial charge in [-0.15, -0.1) is 5.10 Å². The van der Waals surface area contributed by atoms with Crippen molar-refractivity contribution >= 4 is 23.0 Å². The van der Waals surface area contributed by atoms with Gasteiger partial charge < -0.3 is 14.2 Å². The molecule has 0 bridgehead atoms. The second kappa shape index (κ2) is 6.05. The van der Waals surface area contributed by atoms with E-state index in [-0.39, 0.29) is 18.0 Å². The van der Waals surface area contributed by atoms with Crippen molar-refractivity contribution in [1.82, 2.24) is 24.9 Å². The van der Waals surface area contributed by atoms with Gasteiger partial charge in [0.25, 0.3) is 6.01 Å². The Morgan fingerprint density at radius 1 is 1.14 bits per heavy atom. The number of hydrogen-bond acceptors (Lipinski definition) is 6. The fraction of sp³-hybridized carbons (Fsp3) is 0.500. The fourth-order valence-corrected chi connectivity index (χ4v) is 4.28. The molecule has 3 aromatic rings. The van der Waals surface area contributed by atoms with Crippen LogP contribution in [-0.2, 0) is 4.79 Å². The zero-order valence-electron chi connectivity index (χ0n) is 15.6. The van der Waals surface area contributed by atoms with Crippen LogP contribution in [0.4, 0.5) is 6.01 Å².